The van der Waals surface area contributed by atoms with Crippen molar-refractivity contribution in [1.29, 1.82) is 0 Å². The Morgan fingerprint density at radius 2 is 1.68 bits per heavy atom. The second-order valence-electron chi connectivity index (χ2n) is 3.65. The highest BCUT2D eigenvalue weighted by Gasteiger charge is 1.90. The number of H-pyrrole nitrogens is 1. The predicted octanol–water partition coefficient (Wildman–Crippen LogP) is 2.48. The van der Waals surface area contributed by atoms with E-state index in [-0.39, 0.29) is 19.8 Å². The number of aliphatic hydroxyl groups is 1. The van der Waals surface area contributed by atoms with Crippen LogP contribution in [0.1, 0.15) is 13.0 Å². The minimum atomic E-state index is 0. The molecule has 100 valence electrons. The molecule has 3 N–H and O–H groups in total. The number of phenols is 1. The van der Waals surface area contributed by atoms with Gasteiger partial charge in [-0.25, -0.2) is 0 Å². The van der Waals surface area contributed by atoms with Gasteiger partial charge in [-0.3, -0.25) is 5.10 Å². The molecule has 2 aromatic carbocycles. The van der Waals surface area contributed by atoms with Crippen LogP contribution >= 0.6 is 0 Å². The first-order valence-electron chi connectivity index (χ1n) is 5.44. The van der Waals surface area contributed by atoms with Crippen molar-refractivity contribution in [3.63, 3.8) is 0 Å². The summed E-state index contributed by atoms with van der Waals surface area (Å²) in [6, 6.07) is 14.2. The molecule has 0 fully saturated rings. The maximum absolute atomic E-state index is 8.77. The Labute approximate surface area is 111 Å². The highest BCUT2D eigenvalue weighted by Crippen LogP contribution is 2.08. The average Bonchev–Trinajstić information content (AvgIpc) is 2.89. The fraction of sp³-hybridized carbons (Fsp3) is 0.143. The van der Waals surface area contributed by atoms with E-state index in [1.807, 2.05) is 24.3 Å². The van der Waals surface area contributed by atoms with Crippen LogP contribution in [0.25, 0.3) is 11.0 Å². The molecule has 3 aromatic rings. The maximum atomic E-state index is 8.77. The number of aromatic hydroxyl groups is 1. The molecule has 0 unspecified atom stereocenters. The number of benzene rings is 2. The van der Waals surface area contributed by atoms with Crippen LogP contribution in [0.5, 0.6) is 5.75 Å². The Hall–Kier alpha value is -2.40. The summed E-state index contributed by atoms with van der Waals surface area (Å²) >= 11 is 0. The van der Waals surface area contributed by atoms with Crippen molar-refractivity contribution in [2.24, 2.45) is 0 Å². The second kappa shape index (κ2) is 7.13. The number of para-hydroxylation sites is 1. The van der Waals surface area contributed by atoms with Gasteiger partial charge in [0.25, 0.3) is 0 Å². The molecule has 0 saturated heterocycles. The number of aromatic amines is 1. The predicted molar refractivity (Wildman–Crippen MR) is 74.6 cm³/mol. The third-order valence-electron chi connectivity index (χ3n) is 2.35. The third-order valence-corrected chi connectivity index (χ3v) is 2.35. The summed E-state index contributed by atoms with van der Waals surface area (Å²) in [6.45, 7) is 0.0281. The lowest BCUT2D eigenvalue weighted by atomic mass is 10.2. The lowest BCUT2D eigenvalue weighted by Crippen LogP contribution is -1.78. The van der Waals surface area contributed by atoms with E-state index in [1.54, 1.807) is 24.3 Å². The first-order chi connectivity index (χ1) is 8.79. The second-order valence-corrected chi connectivity index (χ2v) is 3.65. The van der Waals surface area contributed by atoms with Crippen molar-refractivity contribution in [2.45, 2.75) is 14.0 Å². The molecule has 0 aliphatic heterocycles. The molecular formula is C14H17N3O2. The summed E-state index contributed by atoms with van der Waals surface area (Å²) in [4.78, 5) is 0. The van der Waals surface area contributed by atoms with E-state index in [1.165, 1.54) is 0 Å². The average molecular weight is 259 g/mol. The van der Waals surface area contributed by atoms with Crippen molar-refractivity contribution in [3.8, 4) is 5.75 Å². The van der Waals surface area contributed by atoms with Crippen LogP contribution in [0.4, 0.5) is 0 Å². The molecule has 0 saturated carbocycles. The molecular weight excluding hydrogens is 242 g/mol. The van der Waals surface area contributed by atoms with Crippen LogP contribution in [0.15, 0.2) is 48.5 Å². The molecule has 0 spiro atoms. The fourth-order valence-corrected chi connectivity index (χ4v) is 1.39. The summed E-state index contributed by atoms with van der Waals surface area (Å²) in [7, 11) is 0. The standard InChI is InChI=1S/C7H8O2.C6H5N3.CH4/c8-5-6-1-3-7(9)4-2-6;1-2-4-6-5(3-1)7-9-8-6;/h1-4,8-9H,5H2;1-4H,(H,7,8,9);1H4. The summed E-state index contributed by atoms with van der Waals surface area (Å²) in [5.74, 6) is 0.229. The molecule has 0 atom stereocenters. The number of phenolic OH excluding ortho intramolecular Hbond substituents is 1. The van der Waals surface area contributed by atoms with E-state index in [4.69, 9.17) is 10.2 Å². The maximum Gasteiger partial charge on any atom is 0.115 e. The van der Waals surface area contributed by atoms with E-state index in [9.17, 15) is 0 Å². The van der Waals surface area contributed by atoms with Crippen molar-refractivity contribution in [2.75, 3.05) is 0 Å². The lowest BCUT2D eigenvalue weighted by Gasteiger charge is -1.93. The van der Waals surface area contributed by atoms with Gasteiger partial charge in [-0.2, -0.15) is 0 Å². The number of rotatable bonds is 1. The normalized spacial score (nSPS) is 9.32. The molecule has 0 bridgehead atoms. The van der Waals surface area contributed by atoms with Gasteiger partial charge in [0.1, 0.15) is 11.3 Å². The number of nitrogens with one attached hydrogen (secondary N) is 1. The number of fused-ring (bicyclic) bond motifs is 1. The molecule has 1 aromatic heterocycles. The Kier molecular flexibility index (Phi) is 5.50. The number of aromatic nitrogens is 3. The zero-order chi connectivity index (χ0) is 12.8. The number of hydrogen-bond donors (Lipinski definition) is 3. The minimum Gasteiger partial charge on any atom is -0.508 e. The Balaban J connectivity index is 0.000000180. The molecule has 0 radical (unpaired) electrons. The van der Waals surface area contributed by atoms with E-state index >= 15 is 0 Å². The smallest absolute Gasteiger partial charge is 0.115 e. The van der Waals surface area contributed by atoms with Crippen LogP contribution in [-0.4, -0.2) is 25.6 Å². The zero-order valence-corrected chi connectivity index (χ0v) is 9.61. The summed E-state index contributed by atoms with van der Waals surface area (Å²) in [5, 5.41) is 27.5. The quantitative estimate of drug-likeness (QED) is 0.627. The summed E-state index contributed by atoms with van der Waals surface area (Å²) < 4.78 is 0. The number of aliphatic hydroxyl groups excluding tert-OH is 1. The summed E-state index contributed by atoms with van der Waals surface area (Å²) in [5.41, 5.74) is 2.71. The highest BCUT2D eigenvalue weighted by atomic mass is 16.3. The SMILES string of the molecule is C.OCc1ccc(O)cc1.c1ccc2[nH]nnc2c1. The van der Waals surface area contributed by atoms with Crippen molar-refractivity contribution in [3.05, 3.63) is 54.1 Å². The van der Waals surface area contributed by atoms with Gasteiger partial charge in [-0.15, -0.1) is 5.10 Å². The Morgan fingerprint density at radius 3 is 2.32 bits per heavy atom. The lowest BCUT2D eigenvalue weighted by molar-refractivity contribution is 0.281. The molecule has 19 heavy (non-hydrogen) atoms. The van der Waals surface area contributed by atoms with Gasteiger partial charge in [0.15, 0.2) is 0 Å². The van der Waals surface area contributed by atoms with Gasteiger partial charge < -0.3 is 10.2 Å². The molecule has 5 nitrogen and oxygen atoms in total. The van der Waals surface area contributed by atoms with Gasteiger partial charge in [0, 0.05) is 0 Å². The van der Waals surface area contributed by atoms with Crippen LogP contribution in [-0.2, 0) is 6.61 Å². The molecule has 5 heteroatoms. The van der Waals surface area contributed by atoms with Crippen LogP contribution < -0.4 is 0 Å². The number of hydrogen-bond acceptors (Lipinski definition) is 4. The first-order valence-corrected chi connectivity index (χ1v) is 5.44. The van der Waals surface area contributed by atoms with Crippen molar-refractivity contribution in [1.82, 2.24) is 15.4 Å². The van der Waals surface area contributed by atoms with Gasteiger partial charge in [-0.05, 0) is 29.8 Å². The van der Waals surface area contributed by atoms with Gasteiger partial charge in [-0.1, -0.05) is 36.9 Å². The summed E-state index contributed by atoms with van der Waals surface area (Å²) in [6.07, 6.45) is 0. The fourth-order valence-electron chi connectivity index (χ4n) is 1.39. The Bertz CT molecular complexity index is 575. The van der Waals surface area contributed by atoms with Gasteiger partial charge in [0.2, 0.25) is 0 Å². The highest BCUT2D eigenvalue weighted by molar-refractivity contribution is 5.72. The van der Waals surface area contributed by atoms with Gasteiger partial charge >= 0.3 is 0 Å². The topological polar surface area (TPSA) is 82.0 Å². The van der Waals surface area contributed by atoms with E-state index in [2.05, 4.69) is 15.4 Å². The van der Waals surface area contributed by atoms with E-state index in [0.717, 1.165) is 16.6 Å². The molecule has 0 aliphatic rings. The van der Waals surface area contributed by atoms with Crippen LogP contribution in [0.2, 0.25) is 0 Å². The van der Waals surface area contributed by atoms with Crippen molar-refractivity contribution >= 4 is 11.0 Å². The zero-order valence-electron chi connectivity index (χ0n) is 9.61. The molecule has 0 aliphatic carbocycles. The van der Waals surface area contributed by atoms with Crippen LogP contribution in [0.3, 0.4) is 0 Å². The first kappa shape index (κ1) is 14.7. The minimum absolute atomic E-state index is 0. The van der Waals surface area contributed by atoms with E-state index in [0.29, 0.717) is 0 Å². The largest absolute Gasteiger partial charge is 0.508 e. The molecule has 1 heterocycles. The Morgan fingerprint density at radius 1 is 1.00 bits per heavy atom. The molecule has 3 rings (SSSR count). The monoisotopic (exact) mass is 259 g/mol. The van der Waals surface area contributed by atoms with Crippen LogP contribution in [0, 0.1) is 0 Å². The van der Waals surface area contributed by atoms with Crippen molar-refractivity contribution < 1.29 is 10.2 Å². The van der Waals surface area contributed by atoms with E-state index < -0.39 is 0 Å². The van der Waals surface area contributed by atoms with Gasteiger partial charge in [0.05, 0.1) is 12.1 Å². The molecule has 0 amide bonds. The number of nitrogens with zero attached hydrogens (tertiary/aromatic N) is 2. The third kappa shape index (κ3) is 4.08.